The van der Waals surface area contributed by atoms with E-state index in [0.29, 0.717) is 0 Å². The maximum Gasteiger partial charge on any atom is 0.143 e. The normalized spacial score (nSPS) is 11.8. The second-order valence-corrected chi connectivity index (χ2v) is 13.6. The molecule has 0 N–H and O–H groups in total. The fourth-order valence-corrected chi connectivity index (χ4v) is 8.29. The zero-order chi connectivity index (χ0) is 34.2. The minimum Gasteiger partial charge on any atom is -0.456 e. The third kappa shape index (κ3) is 4.38. The topological polar surface area (TPSA) is 26.3 Å². The van der Waals surface area contributed by atoms with Gasteiger partial charge in [0.05, 0.1) is 0 Å². The Morgan fingerprint density at radius 1 is 0.308 bits per heavy atom. The van der Waals surface area contributed by atoms with Crippen molar-refractivity contribution in [3.05, 3.63) is 182 Å². The Kier molecular flexibility index (Phi) is 6.28. The van der Waals surface area contributed by atoms with E-state index >= 15 is 0 Å². The summed E-state index contributed by atoms with van der Waals surface area (Å²) in [5, 5.41) is 10.7. The van der Waals surface area contributed by atoms with Gasteiger partial charge in [0.25, 0.3) is 0 Å². The van der Waals surface area contributed by atoms with Gasteiger partial charge in [-0.1, -0.05) is 146 Å². The summed E-state index contributed by atoms with van der Waals surface area (Å²) >= 11 is 0. The van der Waals surface area contributed by atoms with E-state index in [1.165, 1.54) is 49.0 Å². The number of hydrogen-bond acceptors (Lipinski definition) is 2. The third-order valence-corrected chi connectivity index (χ3v) is 10.7. The third-order valence-electron chi connectivity index (χ3n) is 10.7. The molecule has 0 unspecified atom stereocenters. The number of rotatable bonds is 4. The number of fused-ring (bicyclic) bond motifs is 7. The lowest BCUT2D eigenvalue weighted by atomic mass is 9.84. The Labute approximate surface area is 299 Å². The van der Waals surface area contributed by atoms with E-state index in [4.69, 9.17) is 8.83 Å². The van der Waals surface area contributed by atoms with Crippen LogP contribution in [0.1, 0.15) is 0 Å². The monoisotopic (exact) mass is 662 g/mol. The standard InChI is InChI=1S/C50H30O2/c1-2-13-32(14-3-1)46-30-36-29-34(24-27-44(36)51-46)37-25-26-43(49-42-20-10-11-21-45(42)52-50(37)49)48-40-18-8-6-16-38(40)47(39-17-7-9-19-41(39)48)35-23-22-31-12-4-5-15-33(31)28-35/h1-30H. The van der Waals surface area contributed by atoms with Crippen molar-refractivity contribution in [1.82, 2.24) is 0 Å². The van der Waals surface area contributed by atoms with Gasteiger partial charge in [0.1, 0.15) is 22.5 Å². The average Bonchev–Trinajstić information content (AvgIpc) is 3.82. The summed E-state index contributed by atoms with van der Waals surface area (Å²) in [7, 11) is 0. The zero-order valence-corrected chi connectivity index (χ0v) is 28.1. The van der Waals surface area contributed by atoms with Crippen LogP contribution in [-0.4, -0.2) is 0 Å². The molecule has 0 saturated carbocycles. The summed E-state index contributed by atoms with van der Waals surface area (Å²) in [6, 6.07) is 65.0. The van der Waals surface area contributed by atoms with E-state index in [2.05, 4.69) is 164 Å². The van der Waals surface area contributed by atoms with E-state index in [9.17, 15) is 0 Å². The molecule has 0 aliphatic carbocycles. The van der Waals surface area contributed by atoms with E-state index in [1.807, 2.05) is 18.2 Å². The molecule has 0 bridgehead atoms. The molecular weight excluding hydrogens is 633 g/mol. The van der Waals surface area contributed by atoms with Crippen LogP contribution in [0.3, 0.4) is 0 Å². The van der Waals surface area contributed by atoms with Crippen LogP contribution < -0.4 is 0 Å². The second-order valence-electron chi connectivity index (χ2n) is 13.6. The number of hydrogen-bond donors (Lipinski definition) is 0. The van der Waals surface area contributed by atoms with Crippen LogP contribution in [0.15, 0.2) is 191 Å². The quantitative estimate of drug-likeness (QED) is 0.175. The average molecular weight is 663 g/mol. The van der Waals surface area contributed by atoms with Gasteiger partial charge in [-0.3, -0.25) is 0 Å². The predicted octanol–water partition coefficient (Wildman–Crippen LogP) is 14.5. The Hall–Kier alpha value is -6.90. The molecular formula is C50H30O2. The molecule has 0 aliphatic heterocycles. The molecule has 2 heterocycles. The molecule has 11 rings (SSSR count). The molecule has 0 atom stereocenters. The zero-order valence-electron chi connectivity index (χ0n) is 28.1. The predicted molar refractivity (Wildman–Crippen MR) is 218 cm³/mol. The Balaban J connectivity index is 1.18. The summed E-state index contributed by atoms with van der Waals surface area (Å²) in [5.74, 6) is 0.864. The summed E-state index contributed by atoms with van der Waals surface area (Å²) in [6.07, 6.45) is 0. The van der Waals surface area contributed by atoms with Crippen molar-refractivity contribution < 1.29 is 8.83 Å². The molecule has 0 radical (unpaired) electrons. The highest BCUT2D eigenvalue weighted by atomic mass is 16.3. The fraction of sp³-hybridized carbons (Fsp3) is 0. The number of para-hydroxylation sites is 1. The molecule has 2 heteroatoms. The van der Waals surface area contributed by atoms with Crippen molar-refractivity contribution in [3.8, 4) is 44.7 Å². The van der Waals surface area contributed by atoms with E-state index in [0.717, 1.165) is 60.9 Å². The highest BCUT2D eigenvalue weighted by molar-refractivity contribution is 6.26. The van der Waals surface area contributed by atoms with Crippen molar-refractivity contribution in [3.63, 3.8) is 0 Å². The van der Waals surface area contributed by atoms with E-state index in [-0.39, 0.29) is 0 Å². The number of furan rings is 2. The highest BCUT2D eigenvalue weighted by Crippen LogP contribution is 2.49. The van der Waals surface area contributed by atoms with Crippen LogP contribution >= 0.6 is 0 Å². The van der Waals surface area contributed by atoms with E-state index < -0.39 is 0 Å². The van der Waals surface area contributed by atoms with Gasteiger partial charge < -0.3 is 8.83 Å². The van der Waals surface area contributed by atoms with Crippen LogP contribution in [0.25, 0.3) is 110 Å². The summed E-state index contributed by atoms with van der Waals surface area (Å²) in [4.78, 5) is 0. The molecule has 242 valence electrons. The molecule has 0 amide bonds. The maximum absolute atomic E-state index is 6.82. The van der Waals surface area contributed by atoms with Crippen LogP contribution in [0.5, 0.6) is 0 Å². The molecule has 52 heavy (non-hydrogen) atoms. The van der Waals surface area contributed by atoms with Gasteiger partial charge in [0.2, 0.25) is 0 Å². The van der Waals surface area contributed by atoms with Gasteiger partial charge in [-0.25, -0.2) is 0 Å². The lowest BCUT2D eigenvalue weighted by Gasteiger charge is -2.19. The lowest BCUT2D eigenvalue weighted by Crippen LogP contribution is -1.92. The smallest absolute Gasteiger partial charge is 0.143 e. The van der Waals surface area contributed by atoms with Crippen LogP contribution in [0.2, 0.25) is 0 Å². The highest BCUT2D eigenvalue weighted by Gasteiger charge is 2.22. The molecule has 0 spiro atoms. The first-order chi connectivity index (χ1) is 25.8. The van der Waals surface area contributed by atoms with Gasteiger partial charge >= 0.3 is 0 Å². The summed E-state index contributed by atoms with van der Waals surface area (Å²) in [6.45, 7) is 0. The molecule has 9 aromatic carbocycles. The fourth-order valence-electron chi connectivity index (χ4n) is 8.29. The van der Waals surface area contributed by atoms with Gasteiger partial charge in [-0.15, -0.1) is 0 Å². The van der Waals surface area contributed by atoms with Crippen molar-refractivity contribution in [2.24, 2.45) is 0 Å². The van der Waals surface area contributed by atoms with Gasteiger partial charge in [-0.05, 0) is 96.5 Å². The minimum atomic E-state index is 0.864. The van der Waals surface area contributed by atoms with Gasteiger partial charge in [0, 0.05) is 27.3 Å². The molecule has 2 nitrogen and oxygen atoms in total. The Morgan fingerprint density at radius 3 is 1.67 bits per heavy atom. The SMILES string of the molecule is c1ccc(-c2cc3cc(-c4ccc(-c5c6ccccc6c(-c6ccc7ccccc7c6)c6ccccc56)c5c4oc4ccccc45)ccc3o2)cc1. The largest absolute Gasteiger partial charge is 0.456 e. The summed E-state index contributed by atoms with van der Waals surface area (Å²) < 4.78 is 13.1. The van der Waals surface area contributed by atoms with E-state index in [1.54, 1.807) is 0 Å². The first kappa shape index (κ1) is 28.9. The van der Waals surface area contributed by atoms with Crippen molar-refractivity contribution >= 4 is 65.2 Å². The minimum absolute atomic E-state index is 0.864. The first-order valence-corrected chi connectivity index (χ1v) is 17.8. The van der Waals surface area contributed by atoms with Gasteiger partial charge in [-0.2, -0.15) is 0 Å². The van der Waals surface area contributed by atoms with Gasteiger partial charge in [0.15, 0.2) is 0 Å². The van der Waals surface area contributed by atoms with Crippen molar-refractivity contribution in [2.75, 3.05) is 0 Å². The molecule has 11 aromatic rings. The summed E-state index contributed by atoms with van der Waals surface area (Å²) in [5.41, 5.74) is 10.7. The maximum atomic E-state index is 6.82. The van der Waals surface area contributed by atoms with Crippen LogP contribution in [0, 0.1) is 0 Å². The lowest BCUT2D eigenvalue weighted by molar-refractivity contribution is 0.631. The molecule has 0 saturated heterocycles. The Morgan fingerprint density at radius 2 is 0.904 bits per heavy atom. The van der Waals surface area contributed by atoms with Crippen LogP contribution in [-0.2, 0) is 0 Å². The second kappa shape index (κ2) is 11.3. The number of benzene rings is 9. The molecule has 0 fully saturated rings. The van der Waals surface area contributed by atoms with Crippen LogP contribution in [0.4, 0.5) is 0 Å². The van der Waals surface area contributed by atoms with Crippen molar-refractivity contribution in [2.45, 2.75) is 0 Å². The molecule has 0 aliphatic rings. The Bertz CT molecular complexity index is 3120. The first-order valence-electron chi connectivity index (χ1n) is 17.8. The molecule has 2 aromatic heterocycles. The van der Waals surface area contributed by atoms with Crippen molar-refractivity contribution in [1.29, 1.82) is 0 Å².